The Labute approximate surface area is 115 Å². The summed E-state index contributed by atoms with van der Waals surface area (Å²) in [5.74, 6) is 0. The predicted octanol–water partition coefficient (Wildman–Crippen LogP) is 2.92. The van der Waals surface area contributed by atoms with E-state index in [1.54, 1.807) is 0 Å². The van der Waals surface area contributed by atoms with Crippen LogP contribution in [-0.4, -0.2) is 19.2 Å². The summed E-state index contributed by atoms with van der Waals surface area (Å²) >= 11 is 0. The summed E-state index contributed by atoms with van der Waals surface area (Å²) in [4.78, 5) is 0. The molecule has 1 saturated heterocycles. The maximum Gasteiger partial charge on any atom is 0.0991 e. The molecule has 2 rings (SSSR count). The van der Waals surface area contributed by atoms with Crippen LogP contribution >= 0.6 is 0 Å². The van der Waals surface area contributed by atoms with Crippen molar-refractivity contribution in [3.63, 3.8) is 0 Å². The molecule has 19 heavy (non-hydrogen) atoms. The van der Waals surface area contributed by atoms with Crippen LogP contribution < -0.4 is 5.32 Å². The van der Waals surface area contributed by atoms with E-state index in [2.05, 4.69) is 11.4 Å². The first-order valence-electron chi connectivity index (χ1n) is 7.10. The van der Waals surface area contributed by atoms with Crippen molar-refractivity contribution in [3.8, 4) is 6.07 Å². The van der Waals surface area contributed by atoms with Gasteiger partial charge in [-0.2, -0.15) is 5.26 Å². The van der Waals surface area contributed by atoms with Crippen LogP contribution in [0.2, 0.25) is 0 Å². The van der Waals surface area contributed by atoms with Crippen LogP contribution in [0, 0.1) is 18.3 Å². The highest BCUT2D eigenvalue weighted by molar-refractivity contribution is 5.37. The second kappa shape index (κ2) is 7.28. The van der Waals surface area contributed by atoms with Gasteiger partial charge in [0.2, 0.25) is 0 Å². The van der Waals surface area contributed by atoms with Crippen molar-refractivity contribution < 1.29 is 4.74 Å². The van der Waals surface area contributed by atoms with E-state index in [0.717, 1.165) is 25.1 Å². The molecule has 0 amide bonds. The number of rotatable bonds is 5. The van der Waals surface area contributed by atoms with Crippen molar-refractivity contribution >= 4 is 0 Å². The molecular weight excluding hydrogens is 236 g/mol. The molecule has 3 heteroatoms. The number of ether oxygens (including phenoxy) is 1. The van der Waals surface area contributed by atoms with E-state index < -0.39 is 0 Å². The molecule has 1 atom stereocenters. The number of nitriles is 1. The maximum absolute atomic E-state index is 8.82. The molecule has 3 nitrogen and oxygen atoms in total. The van der Waals surface area contributed by atoms with Crippen molar-refractivity contribution in [1.82, 2.24) is 5.32 Å². The highest BCUT2D eigenvalue weighted by Gasteiger charge is 2.11. The van der Waals surface area contributed by atoms with Gasteiger partial charge in [0.1, 0.15) is 0 Å². The van der Waals surface area contributed by atoms with Gasteiger partial charge in [0.25, 0.3) is 0 Å². The van der Waals surface area contributed by atoms with Gasteiger partial charge in [-0.05, 0) is 56.0 Å². The molecule has 1 unspecified atom stereocenters. The van der Waals surface area contributed by atoms with Gasteiger partial charge in [-0.25, -0.2) is 0 Å². The fraction of sp³-hybridized carbons (Fsp3) is 0.562. The third-order valence-electron chi connectivity index (χ3n) is 3.75. The number of piperidine rings is 1. The van der Waals surface area contributed by atoms with Gasteiger partial charge in [-0.1, -0.05) is 12.5 Å². The molecule has 0 bridgehead atoms. The van der Waals surface area contributed by atoms with Gasteiger partial charge < -0.3 is 10.1 Å². The second-order valence-electron chi connectivity index (χ2n) is 5.24. The van der Waals surface area contributed by atoms with E-state index in [0.29, 0.717) is 18.2 Å². The quantitative estimate of drug-likeness (QED) is 0.826. The summed E-state index contributed by atoms with van der Waals surface area (Å²) < 4.78 is 5.75. The minimum atomic E-state index is 0.635. The smallest absolute Gasteiger partial charge is 0.0991 e. The van der Waals surface area contributed by atoms with Gasteiger partial charge in [-0.3, -0.25) is 0 Å². The second-order valence-corrected chi connectivity index (χ2v) is 5.24. The number of benzene rings is 1. The highest BCUT2D eigenvalue weighted by Crippen LogP contribution is 2.13. The monoisotopic (exact) mass is 258 g/mol. The van der Waals surface area contributed by atoms with Gasteiger partial charge in [0, 0.05) is 12.6 Å². The Morgan fingerprint density at radius 1 is 1.42 bits per heavy atom. The lowest BCUT2D eigenvalue weighted by Crippen LogP contribution is -2.34. The van der Waals surface area contributed by atoms with Crippen LogP contribution in [0.5, 0.6) is 0 Å². The van der Waals surface area contributed by atoms with Crippen molar-refractivity contribution in [2.24, 2.45) is 0 Å². The Kier molecular flexibility index (Phi) is 5.38. The molecule has 102 valence electrons. The Balaban J connectivity index is 1.72. The summed E-state index contributed by atoms with van der Waals surface area (Å²) in [6.45, 7) is 4.63. The Bertz CT molecular complexity index is 445. The first-order chi connectivity index (χ1) is 9.29. The summed E-state index contributed by atoms with van der Waals surface area (Å²) in [6.07, 6.45) is 5.02. The van der Waals surface area contributed by atoms with E-state index in [4.69, 9.17) is 10.00 Å². The standard InChI is InChI=1S/C16H22N2O/c1-13-10-14(11-17)5-6-15(13)12-19-9-7-16-4-2-3-8-18-16/h5-6,10,16,18H,2-4,7-9,12H2,1H3. The predicted molar refractivity (Wildman–Crippen MR) is 75.8 cm³/mol. The van der Waals surface area contributed by atoms with Crippen molar-refractivity contribution in [2.45, 2.75) is 45.3 Å². The molecule has 1 N–H and O–H groups in total. The molecule has 0 radical (unpaired) electrons. The van der Waals surface area contributed by atoms with Crippen LogP contribution in [-0.2, 0) is 11.3 Å². The van der Waals surface area contributed by atoms with Crippen molar-refractivity contribution in [2.75, 3.05) is 13.2 Å². The molecule has 0 saturated carbocycles. The fourth-order valence-electron chi connectivity index (χ4n) is 2.51. The third kappa shape index (κ3) is 4.34. The molecule has 0 aliphatic carbocycles. The fourth-order valence-corrected chi connectivity index (χ4v) is 2.51. The molecule has 1 aromatic carbocycles. The van der Waals surface area contributed by atoms with Gasteiger partial charge >= 0.3 is 0 Å². The molecule has 1 aliphatic heterocycles. The number of nitrogens with one attached hydrogen (secondary N) is 1. The Hall–Kier alpha value is -1.37. The number of nitrogens with zero attached hydrogens (tertiary/aromatic N) is 1. The summed E-state index contributed by atoms with van der Waals surface area (Å²) in [5, 5.41) is 12.4. The van der Waals surface area contributed by atoms with E-state index in [1.807, 2.05) is 25.1 Å². The van der Waals surface area contributed by atoms with Crippen LogP contribution in [0.15, 0.2) is 18.2 Å². The number of hydrogen-bond acceptors (Lipinski definition) is 3. The number of aryl methyl sites for hydroxylation is 1. The Morgan fingerprint density at radius 3 is 3.00 bits per heavy atom. The highest BCUT2D eigenvalue weighted by atomic mass is 16.5. The molecular formula is C16H22N2O. The normalized spacial score (nSPS) is 19.1. The van der Waals surface area contributed by atoms with Gasteiger partial charge in [0.05, 0.1) is 18.2 Å². The van der Waals surface area contributed by atoms with E-state index in [9.17, 15) is 0 Å². The van der Waals surface area contributed by atoms with Crippen LogP contribution in [0.25, 0.3) is 0 Å². The average molecular weight is 258 g/mol. The minimum absolute atomic E-state index is 0.635. The maximum atomic E-state index is 8.82. The minimum Gasteiger partial charge on any atom is -0.377 e. The first kappa shape index (κ1) is 14.0. The molecule has 0 aromatic heterocycles. The lowest BCUT2D eigenvalue weighted by Gasteiger charge is -2.23. The van der Waals surface area contributed by atoms with E-state index in [-0.39, 0.29) is 0 Å². The zero-order valence-corrected chi connectivity index (χ0v) is 11.6. The number of hydrogen-bond donors (Lipinski definition) is 1. The lowest BCUT2D eigenvalue weighted by molar-refractivity contribution is 0.108. The van der Waals surface area contributed by atoms with E-state index >= 15 is 0 Å². The zero-order chi connectivity index (χ0) is 13.5. The van der Waals surface area contributed by atoms with Crippen molar-refractivity contribution in [1.29, 1.82) is 5.26 Å². The van der Waals surface area contributed by atoms with Gasteiger partial charge in [0.15, 0.2) is 0 Å². The first-order valence-corrected chi connectivity index (χ1v) is 7.10. The lowest BCUT2D eigenvalue weighted by atomic mass is 10.0. The van der Waals surface area contributed by atoms with Crippen LogP contribution in [0.4, 0.5) is 0 Å². The zero-order valence-electron chi connectivity index (χ0n) is 11.6. The third-order valence-corrected chi connectivity index (χ3v) is 3.75. The summed E-state index contributed by atoms with van der Waals surface area (Å²) in [7, 11) is 0. The molecule has 1 aliphatic rings. The van der Waals surface area contributed by atoms with E-state index in [1.165, 1.54) is 24.8 Å². The summed E-state index contributed by atoms with van der Waals surface area (Å²) in [5.41, 5.74) is 3.03. The molecule has 1 aromatic rings. The SMILES string of the molecule is Cc1cc(C#N)ccc1COCCC1CCCCN1. The average Bonchev–Trinajstić information content (AvgIpc) is 2.46. The van der Waals surface area contributed by atoms with Gasteiger partial charge in [-0.15, -0.1) is 0 Å². The Morgan fingerprint density at radius 2 is 2.32 bits per heavy atom. The van der Waals surface area contributed by atoms with Crippen LogP contribution in [0.3, 0.4) is 0 Å². The van der Waals surface area contributed by atoms with Crippen LogP contribution in [0.1, 0.15) is 42.4 Å². The molecule has 0 spiro atoms. The van der Waals surface area contributed by atoms with Crippen molar-refractivity contribution in [3.05, 3.63) is 34.9 Å². The topological polar surface area (TPSA) is 45.0 Å². The largest absolute Gasteiger partial charge is 0.377 e. The molecule has 1 fully saturated rings. The molecule has 1 heterocycles. The summed E-state index contributed by atoms with van der Waals surface area (Å²) in [6, 6.07) is 8.56.